The van der Waals surface area contributed by atoms with E-state index in [0.717, 1.165) is 35.4 Å². The monoisotopic (exact) mass is 393 g/mol. The van der Waals surface area contributed by atoms with E-state index in [2.05, 4.69) is 11.5 Å². The van der Waals surface area contributed by atoms with Crippen molar-refractivity contribution >= 4 is 17.8 Å². The number of carbonyl (C=O) groups excluding carboxylic acids is 1. The Bertz CT molecular complexity index is 874. The summed E-state index contributed by atoms with van der Waals surface area (Å²) in [5.41, 5.74) is 3.62. The van der Waals surface area contributed by atoms with E-state index in [1.807, 2.05) is 19.1 Å². The Hall–Kier alpha value is -2.34. The second-order valence-electron chi connectivity index (χ2n) is 6.36. The second kappa shape index (κ2) is 7.72. The molecule has 1 unspecified atom stereocenters. The van der Waals surface area contributed by atoms with Gasteiger partial charge in [0.15, 0.2) is 17.2 Å². The molecular formula is C20H24ClNO5. The van der Waals surface area contributed by atoms with Crippen LogP contribution in [0.1, 0.15) is 37.6 Å². The van der Waals surface area contributed by atoms with Crippen molar-refractivity contribution in [3.05, 3.63) is 28.4 Å². The predicted octanol–water partition coefficient (Wildman–Crippen LogP) is 5.18. The fourth-order valence-corrected chi connectivity index (χ4v) is 3.89. The highest BCUT2D eigenvalue weighted by atomic mass is 35.5. The van der Waals surface area contributed by atoms with E-state index in [1.54, 1.807) is 21.1 Å². The van der Waals surface area contributed by atoms with E-state index in [4.69, 9.17) is 30.5 Å². The fraction of sp³-hybridized carbons (Fsp3) is 0.450. The third-order valence-corrected chi connectivity index (χ3v) is 5.38. The first-order valence-corrected chi connectivity index (χ1v) is 9.34. The van der Waals surface area contributed by atoms with Gasteiger partial charge in [0.05, 0.1) is 26.5 Å². The Morgan fingerprint density at radius 1 is 1.22 bits per heavy atom. The number of halogens is 1. The molecule has 0 aliphatic carbocycles. The number of nitrogens with zero attached hydrogens (tertiary/aromatic N) is 1. The molecule has 1 aliphatic heterocycles. The number of hydrogen-bond donors (Lipinski definition) is 0. The minimum atomic E-state index is -0.770. The van der Waals surface area contributed by atoms with Gasteiger partial charge >= 0.3 is 6.16 Å². The van der Waals surface area contributed by atoms with Gasteiger partial charge in [-0.2, -0.15) is 0 Å². The number of rotatable bonds is 5. The molecule has 1 aromatic heterocycles. The summed E-state index contributed by atoms with van der Waals surface area (Å²) in [4.78, 5) is 12.0. The first kappa shape index (κ1) is 19.4. The topological polar surface area (TPSA) is 58.9 Å². The van der Waals surface area contributed by atoms with E-state index in [1.165, 1.54) is 0 Å². The summed E-state index contributed by atoms with van der Waals surface area (Å²) in [7, 11) is 3.21. The van der Waals surface area contributed by atoms with Gasteiger partial charge in [-0.15, -0.1) is 0 Å². The van der Waals surface area contributed by atoms with Gasteiger partial charge in [-0.05, 0) is 44.4 Å². The SMILES string of the molecule is CCOC(=O)Oc1c(Cl)c(C)n2c1-c1cc(OC)c(OC)cc1CC2CC. The van der Waals surface area contributed by atoms with E-state index in [9.17, 15) is 4.79 Å². The summed E-state index contributed by atoms with van der Waals surface area (Å²) in [6.07, 6.45) is 0.962. The van der Waals surface area contributed by atoms with Crippen molar-refractivity contribution < 1.29 is 23.7 Å². The zero-order valence-corrected chi connectivity index (χ0v) is 17.0. The van der Waals surface area contributed by atoms with Crippen LogP contribution in [0.25, 0.3) is 11.3 Å². The molecule has 0 N–H and O–H groups in total. The lowest BCUT2D eigenvalue weighted by Gasteiger charge is -2.30. The molecule has 0 saturated heterocycles. The summed E-state index contributed by atoms with van der Waals surface area (Å²) in [5, 5.41) is 0.416. The third-order valence-electron chi connectivity index (χ3n) is 4.94. The summed E-state index contributed by atoms with van der Waals surface area (Å²) in [5.74, 6) is 1.59. The molecule has 0 fully saturated rings. The van der Waals surface area contributed by atoms with E-state index in [-0.39, 0.29) is 12.6 Å². The van der Waals surface area contributed by atoms with Crippen LogP contribution in [0.2, 0.25) is 5.02 Å². The highest BCUT2D eigenvalue weighted by Gasteiger charge is 2.33. The Kier molecular flexibility index (Phi) is 5.56. The summed E-state index contributed by atoms with van der Waals surface area (Å²) < 4.78 is 23.5. The third kappa shape index (κ3) is 3.23. The van der Waals surface area contributed by atoms with Gasteiger partial charge in [0.25, 0.3) is 0 Å². The first-order chi connectivity index (χ1) is 13.0. The maximum Gasteiger partial charge on any atom is 0.513 e. The zero-order chi connectivity index (χ0) is 19.7. The van der Waals surface area contributed by atoms with Gasteiger partial charge in [0.2, 0.25) is 0 Å². The Morgan fingerprint density at radius 2 is 1.89 bits per heavy atom. The van der Waals surface area contributed by atoms with Crippen molar-refractivity contribution in [3.8, 4) is 28.5 Å². The normalized spacial score (nSPS) is 15.0. The van der Waals surface area contributed by atoms with E-state index in [0.29, 0.717) is 22.3 Å². The van der Waals surface area contributed by atoms with Crippen LogP contribution in [0.4, 0.5) is 4.79 Å². The number of benzene rings is 1. The van der Waals surface area contributed by atoms with Gasteiger partial charge in [-0.3, -0.25) is 0 Å². The second-order valence-corrected chi connectivity index (χ2v) is 6.74. The van der Waals surface area contributed by atoms with Crippen LogP contribution in [0.3, 0.4) is 0 Å². The molecule has 1 atom stereocenters. The number of carbonyl (C=O) groups is 1. The molecule has 1 aliphatic rings. The summed E-state index contributed by atoms with van der Waals surface area (Å²) in [6.45, 7) is 6.01. The van der Waals surface area contributed by atoms with Crippen molar-refractivity contribution in [1.29, 1.82) is 0 Å². The van der Waals surface area contributed by atoms with Crippen LogP contribution < -0.4 is 14.2 Å². The molecule has 2 aromatic rings. The smallest absolute Gasteiger partial charge is 0.493 e. The molecule has 0 spiro atoms. The van der Waals surface area contributed by atoms with Crippen LogP contribution in [0.15, 0.2) is 12.1 Å². The van der Waals surface area contributed by atoms with Crippen LogP contribution >= 0.6 is 11.6 Å². The molecule has 2 heterocycles. The Balaban J connectivity index is 2.25. The van der Waals surface area contributed by atoms with Crippen LogP contribution in [-0.2, 0) is 11.2 Å². The minimum Gasteiger partial charge on any atom is -0.493 e. The van der Waals surface area contributed by atoms with Crippen molar-refractivity contribution in [2.75, 3.05) is 20.8 Å². The number of fused-ring (bicyclic) bond motifs is 3. The quantitative estimate of drug-likeness (QED) is 0.655. The average molecular weight is 394 g/mol. The van der Waals surface area contributed by atoms with Gasteiger partial charge in [-0.1, -0.05) is 18.5 Å². The molecule has 3 rings (SSSR count). The Labute approximate surface area is 163 Å². The van der Waals surface area contributed by atoms with Crippen molar-refractivity contribution in [2.45, 2.75) is 39.7 Å². The van der Waals surface area contributed by atoms with Gasteiger partial charge in [-0.25, -0.2) is 4.79 Å². The Morgan fingerprint density at radius 3 is 2.48 bits per heavy atom. The number of methoxy groups -OCH3 is 2. The summed E-state index contributed by atoms with van der Waals surface area (Å²) in [6, 6.07) is 4.08. The maximum absolute atomic E-state index is 12.0. The fourth-order valence-electron chi connectivity index (χ4n) is 3.67. The van der Waals surface area contributed by atoms with Crippen LogP contribution in [0.5, 0.6) is 17.2 Å². The molecule has 1 aromatic carbocycles. The van der Waals surface area contributed by atoms with Crippen molar-refractivity contribution in [3.63, 3.8) is 0 Å². The van der Waals surface area contributed by atoms with Crippen LogP contribution in [-0.4, -0.2) is 31.5 Å². The molecule has 0 amide bonds. The van der Waals surface area contributed by atoms with Crippen LogP contribution in [0, 0.1) is 6.92 Å². The predicted molar refractivity (Wildman–Crippen MR) is 103 cm³/mol. The van der Waals surface area contributed by atoms with Crippen molar-refractivity contribution in [2.24, 2.45) is 0 Å². The van der Waals surface area contributed by atoms with E-state index < -0.39 is 6.16 Å². The number of ether oxygens (including phenoxy) is 4. The molecule has 0 radical (unpaired) electrons. The maximum atomic E-state index is 12.0. The molecule has 0 bridgehead atoms. The standard InChI is InChI=1S/C20H24ClNO5/c1-6-13-8-12-9-15(24-4)16(25-5)10-14(12)18-19(27-20(23)26-7-2)17(21)11(3)22(13)18/h9-10,13H,6-8H2,1-5H3. The molecule has 6 nitrogen and oxygen atoms in total. The van der Waals surface area contributed by atoms with Gasteiger partial charge < -0.3 is 23.5 Å². The summed E-state index contributed by atoms with van der Waals surface area (Å²) >= 11 is 6.56. The largest absolute Gasteiger partial charge is 0.513 e. The van der Waals surface area contributed by atoms with E-state index >= 15 is 0 Å². The lowest BCUT2D eigenvalue weighted by Crippen LogP contribution is -2.20. The number of hydrogen-bond acceptors (Lipinski definition) is 5. The van der Waals surface area contributed by atoms with Gasteiger partial charge in [0.1, 0.15) is 5.02 Å². The number of aromatic nitrogens is 1. The zero-order valence-electron chi connectivity index (χ0n) is 16.2. The lowest BCUT2D eigenvalue weighted by atomic mass is 9.91. The van der Waals surface area contributed by atoms with Gasteiger partial charge in [0, 0.05) is 17.3 Å². The molecule has 0 saturated carbocycles. The first-order valence-electron chi connectivity index (χ1n) is 8.96. The highest BCUT2D eigenvalue weighted by Crippen LogP contribution is 2.50. The molecule has 146 valence electrons. The molecule has 27 heavy (non-hydrogen) atoms. The highest BCUT2D eigenvalue weighted by molar-refractivity contribution is 6.33. The minimum absolute atomic E-state index is 0.197. The van der Waals surface area contributed by atoms with Crippen molar-refractivity contribution in [1.82, 2.24) is 4.57 Å². The lowest BCUT2D eigenvalue weighted by molar-refractivity contribution is 0.104. The average Bonchev–Trinajstić information content (AvgIpc) is 2.91. The molecular weight excluding hydrogens is 370 g/mol. The molecule has 7 heteroatoms.